The Morgan fingerprint density at radius 1 is 1.35 bits per heavy atom. The third-order valence-corrected chi connectivity index (χ3v) is 2.36. The van der Waals surface area contributed by atoms with Crippen LogP contribution in [0.3, 0.4) is 0 Å². The van der Waals surface area contributed by atoms with Crippen molar-refractivity contribution in [3.05, 3.63) is 35.9 Å². The molecule has 1 aromatic carbocycles. The van der Waals surface area contributed by atoms with Crippen LogP contribution in [0.25, 0.3) is 0 Å². The summed E-state index contributed by atoms with van der Waals surface area (Å²) in [5.74, 6) is -0.343. The molecule has 4 heteroatoms. The van der Waals surface area contributed by atoms with Gasteiger partial charge in [0, 0.05) is 0 Å². The average Bonchev–Trinajstić information content (AvgIpc) is 2.30. The van der Waals surface area contributed by atoms with Crippen molar-refractivity contribution < 1.29 is 62.3 Å². The molecule has 0 aliphatic heterocycles. The number of hydrogen-bond donors (Lipinski definition) is 1. The Bertz CT molecular complexity index is 322. The Labute approximate surface area is 147 Å². The van der Waals surface area contributed by atoms with E-state index in [1.165, 1.54) is 0 Å². The molecule has 0 bridgehead atoms. The number of esters is 1. The molecule has 0 saturated heterocycles. The van der Waals surface area contributed by atoms with Gasteiger partial charge in [-0.15, -0.1) is 0 Å². The van der Waals surface area contributed by atoms with Gasteiger partial charge in [-0.2, -0.15) is 0 Å². The van der Waals surface area contributed by atoms with Gasteiger partial charge < -0.3 is 6.16 Å². The molecule has 0 aliphatic rings. The Balaban J connectivity index is 0. The van der Waals surface area contributed by atoms with E-state index in [2.05, 4.69) is 6.92 Å². The summed E-state index contributed by atoms with van der Waals surface area (Å²) in [7, 11) is 0. The third-order valence-electron chi connectivity index (χ3n) is 2.36. The normalized spacial score (nSPS) is 11.4. The van der Waals surface area contributed by atoms with E-state index in [0.717, 1.165) is 25.7 Å². The van der Waals surface area contributed by atoms with Crippen LogP contribution >= 0.6 is 0 Å². The number of carbonyl (C=O) groups is 1. The maximum absolute atomic E-state index is 11.6. The first-order valence-electron chi connectivity index (χ1n) is 5.75. The molecule has 3 nitrogen and oxygen atoms in total. The molecular formula is C13H20KNO2. The van der Waals surface area contributed by atoms with Crippen molar-refractivity contribution >= 4 is 5.97 Å². The van der Waals surface area contributed by atoms with Gasteiger partial charge in [-0.1, -0.05) is 38.0 Å². The van der Waals surface area contributed by atoms with Crippen LogP contribution in [0.15, 0.2) is 30.3 Å². The second-order valence-corrected chi connectivity index (χ2v) is 3.81. The van der Waals surface area contributed by atoms with Gasteiger partial charge in [0.05, 0.1) is 5.56 Å². The first-order valence-corrected chi connectivity index (χ1v) is 5.75. The van der Waals surface area contributed by atoms with E-state index >= 15 is 0 Å². The topological polar surface area (TPSA) is 52.3 Å². The van der Waals surface area contributed by atoms with E-state index in [-0.39, 0.29) is 58.8 Å². The molecule has 0 fully saturated rings. The molecule has 0 radical (unpaired) electrons. The van der Waals surface area contributed by atoms with Crippen LogP contribution in [0, 0.1) is 0 Å². The van der Waals surface area contributed by atoms with Crippen LogP contribution in [0.1, 0.15) is 44.4 Å². The van der Waals surface area contributed by atoms with Crippen LogP contribution in [0.5, 0.6) is 0 Å². The van der Waals surface area contributed by atoms with Crippen molar-refractivity contribution in [3.8, 4) is 0 Å². The Morgan fingerprint density at radius 2 is 2.00 bits per heavy atom. The Hall–Kier alpha value is 0.286. The maximum atomic E-state index is 11.6. The zero-order chi connectivity index (χ0) is 11.8. The van der Waals surface area contributed by atoms with Gasteiger partial charge in [-0.3, -0.25) is 5.73 Å². The number of unbranched alkanes of at least 4 members (excludes halogenated alkanes) is 2. The van der Waals surface area contributed by atoms with Crippen molar-refractivity contribution in [2.75, 3.05) is 0 Å². The van der Waals surface area contributed by atoms with E-state index in [1.54, 1.807) is 24.3 Å². The van der Waals surface area contributed by atoms with Crippen LogP contribution < -0.4 is 57.1 Å². The molecule has 1 unspecified atom stereocenters. The predicted octanol–water partition coefficient (Wildman–Crippen LogP) is -0.175. The standard InChI is InChI=1S/C13H19NO2.K.H/c1-2-3-5-10-12(14)16-13(15)11-8-6-4-7-9-11;;/h4,6-9,12H,2-3,5,10,14H2,1H3;;/q;+1;-1. The van der Waals surface area contributed by atoms with Gasteiger partial charge in [0.15, 0.2) is 6.23 Å². The van der Waals surface area contributed by atoms with E-state index in [4.69, 9.17) is 10.5 Å². The molecule has 0 saturated carbocycles. The van der Waals surface area contributed by atoms with E-state index in [0.29, 0.717) is 5.56 Å². The van der Waals surface area contributed by atoms with Crippen molar-refractivity contribution in [2.45, 2.75) is 38.8 Å². The zero-order valence-corrected chi connectivity index (χ0v) is 13.8. The second kappa shape index (κ2) is 10.2. The number of hydrogen-bond acceptors (Lipinski definition) is 3. The van der Waals surface area contributed by atoms with Crippen molar-refractivity contribution in [1.82, 2.24) is 0 Å². The number of rotatable bonds is 6. The molecule has 0 heterocycles. The van der Waals surface area contributed by atoms with Crippen LogP contribution in [-0.4, -0.2) is 12.2 Å². The molecule has 0 amide bonds. The largest absolute Gasteiger partial charge is 1.00 e. The predicted molar refractivity (Wildman–Crippen MR) is 65.1 cm³/mol. The summed E-state index contributed by atoms with van der Waals surface area (Å²) < 4.78 is 5.12. The summed E-state index contributed by atoms with van der Waals surface area (Å²) in [6.45, 7) is 2.13. The van der Waals surface area contributed by atoms with Crippen LogP contribution in [-0.2, 0) is 4.74 Å². The van der Waals surface area contributed by atoms with E-state index in [9.17, 15) is 4.79 Å². The summed E-state index contributed by atoms with van der Waals surface area (Å²) in [5.41, 5.74) is 6.26. The summed E-state index contributed by atoms with van der Waals surface area (Å²) >= 11 is 0. The van der Waals surface area contributed by atoms with Crippen LogP contribution in [0.4, 0.5) is 0 Å². The van der Waals surface area contributed by atoms with Crippen LogP contribution in [0.2, 0.25) is 0 Å². The fourth-order valence-corrected chi connectivity index (χ4v) is 1.43. The van der Waals surface area contributed by atoms with Gasteiger partial charge >= 0.3 is 57.4 Å². The first kappa shape index (κ1) is 17.3. The quantitative estimate of drug-likeness (QED) is 0.335. The Morgan fingerprint density at radius 3 is 2.59 bits per heavy atom. The molecule has 2 N–H and O–H groups in total. The molecule has 0 aliphatic carbocycles. The smallest absolute Gasteiger partial charge is 1.00 e. The number of nitrogens with two attached hydrogens (primary N) is 1. The van der Waals surface area contributed by atoms with Gasteiger partial charge in [-0.25, -0.2) is 4.79 Å². The molecule has 90 valence electrons. The van der Waals surface area contributed by atoms with E-state index < -0.39 is 6.23 Å². The molecule has 17 heavy (non-hydrogen) atoms. The van der Waals surface area contributed by atoms with Gasteiger partial charge in [-0.05, 0) is 25.0 Å². The molecule has 0 spiro atoms. The minimum atomic E-state index is -0.487. The monoisotopic (exact) mass is 261 g/mol. The summed E-state index contributed by atoms with van der Waals surface area (Å²) in [5, 5.41) is 0. The fraction of sp³-hybridized carbons (Fsp3) is 0.462. The third kappa shape index (κ3) is 7.34. The second-order valence-electron chi connectivity index (χ2n) is 3.81. The van der Waals surface area contributed by atoms with Gasteiger partial charge in [0.25, 0.3) is 0 Å². The SMILES string of the molecule is CCCCCC(N)OC(=O)c1ccccc1.[H-].[K+]. The summed E-state index contributed by atoms with van der Waals surface area (Å²) in [4.78, 5) is 11.6. The number of carbonyl (C=O) groups excluding carboxylic acids is 1. The molecule has 1 atom stereocenters. The average molecular weight is 261 g/mol. The molecule has 1 aromatic rings. The van der Waals surface area contributed by atoms with Gasteiger partial charge in [0.1, 0.15) is 0 Å². The molecule has 0 aromatic heterocycles. The van der Waals surface area contributed by atoms with Crippen molar-refractivity contribution in [3.63, 3.8) is 0 Å². The van der Waals surface area contributed by atoms with Crippen molar-refractivity contribution in [2.24, 2.45) is 5.73 Å². The summed E-state index contributed by atoms with van der Waals surface area (Å²) in [6, 6.07) is 8.92. The van der Waals surface area contributed by atoms with Crippen molar-refractivity contribution in [1.29, 1.82) is 0 Å². The van der Waals surface area contributed by atoms with Gasteiger partial charge in [0.2, 0.25) is 0 Å². The summed E-state index contributed by atoms with van der Waals surface area (Å²) in [6.07, 6.45) is 3.50. The first-order chi connectivity index (χ1) is 7.74. The fourth-order valence-electron chi connectivity index (χ4n) is 1.43. The minimum Gasteiger partial charge on any atom is -1.00 e. The number of ether oxygens (including phenoxy) is 1. The van der Waals surface area contributed by atoms with E-state index in [1.807, 2.05) is 6.07 Å². The minimum absolute atomic E-state index is 0. The molecular weight excluding hydrogens is 241 g/mol. The zero-order valence-electron chi connectivity index (χ0n) is 11.7. The Kier molecular flexibility index (Phi) is 10.4. The number of benzene rings is 1. The molecule has 1 rings (SSSR count). The maximum Gasteiger partial charge on any atom is 1.00 e.